The van der Waals surface area contributed by atoms with Crippen LogP contribution in [0.25, 0.3) is 0 Å². The first-order valence-electron chi connectivity index (χ1n) is 9.68. The van der Waals surface area contributed by atoms with Crippen molar-refractivity contribution in [2.75, 3.05) is 39.5 Å². The third-order valence-corrected chi connectivity index (χ3v) is 5.61. The Morgan fingerprint density at radius 3 is 2.64 bits per heavy atom. The molecule has 1 fully saturated rings. The molecular weight excluding hydrogens is 316 g/mol. The maximum absolute atomic E-state index is 12.4. The molecule has 5 nitrogen and oxygen atoms in total. The number of carbonyl (C=O) groups is 1. The summed E-state index contributed by atoms with van der Waals surface area (Å²) in [4.78, 5) is 14.3. The van der Waals surface area contributed by atoms with Crippen molar-refractivity contribution < 1.29 is 14.3 Å². The van der Waals surface area contributed by atoms with E-state index in [0.29, 0.717) is 32.8 Å². The fraction of sp³-hybridized carbons (Fsp3) is 0.650. The van der Waals surface area contributed by atoms with Gasteiger partial charge in [-0.05, 0) is 55.7 Å². The molecule has 1 aliphatic carbocycles. The lowest BCUT2D eigenvalue weighted by Gasteiger charge is -2.28. The van der Waals surface area contributed by atoms with Crippen LogP contribution in [-0.2, 0) is 22.4 Å². The van der Waals surface area contributed by atoms with Crippen LogP contribution >= 0.6 is 0 Å². The number of ether oxygens (including phenoxy) is 2. The van der Waals surface area contributed by atoms with Gasteiger partial charge in [-0.15, -0.1) is 0 Å². The van der Waals surface area contributed by atoms with Gasteiger partial charge in [0.1, 0.15) is 5.75 Å². The van der Waals surface area contributed by atoms with Crippen LogP contribution < -0.4 is 10.1 Å². The Bertz CT molecular complexity index is 626. The molecule has 25 heavy (non-hydrogen) atoms. The number of rotatable bonds is 3. The zero-order chi connectivity index (χ0) is 17.1. The first-order valence-corrected chi connectivity index (χ1v) is 9.68. The van der Waals surface area contributed by atoms with Gasteiger partial charge < -0.3 is 19.7 Å². The quantitative estimate of drug-likeness (QED) is 0.914. The minimum Gasteiger partial charge on any atom is -0.493 e. The molecule has 1 aromatic rings. The monoisotopic (exact) mass is 344 g/mol. The zero-order valence-electron chi connectivity index (χ0n) is 14.9. The molecule has 1 atom stereocenters. The normalized spacial score (nSPS) is 23.2. The van der Waals surface area contributed by atoms with Crippen molar-refractivity contribution in [3.05, 3.63) is 28.8 Å². The third kappa shape index (κ3) is 3.82. The Kier molecular flexibility index (Phi) is 5.22. The number of nitrogens with zero attached hydrogens (tertiary/aromatic N) is 1. The first kappa shape index (κ1) is 16.9. The van der Waals surface area contributed by atoms with Gasteiger partial charge in [-0.1, -0.05) is 6.07 Å². The van der Waals surface area contributed by atoms with Crippen molar-refractivity contribution >= 4 is 5.91 Å². The van der Waals surface area contributed by atoms with Crippen LogP contribution in [0.15, 0.2) is 12.1 Å². The molecule has 1 aromatic carbocycles. The van der Waals surface area contributed by atoms with Gasteiger partial charge in [0.25, 0.3) is 0 Å². The number of benzene rings is 1. The molecule has 0 aromatic heterocycles. The van der Waals surface area contributed by atoms with Crippen molar-refractivity contribution in [3.8, 4) is 5.75 Å². The largest absolute Gasteiger partial charge is 0.493 e. The van der Waals surface area contributed by atoms with Crippen molar-refractivity contribution in [2.24, 2.45) is 0 Å². The van der Waals surface area contributed by atoms with E-state index < -0.39 is 0 Å². The van der Waals surface area contributed by atoms with E-state index in [1.807, 2.05) is 4.90 Å². The summed E-state index contributed by atoms with van der Waals surface area (Å²) in [6, 6.07) is 4.80. The van der Waals surface area contributed by atoms with E-state index >= 15 is 0 Å². The van der Waals surface area contributed by atoms with E-state index in [-0.39, 0.29) is 11.9 Å². The lowest BCUT2D eigenvalue weighted by Crippen LogP contribution is -2.45. The molecule has 0 radical (unpaired) electrons. The number of aryl methyl sites for hydroxylation is 2. The summed E-state index contributed by atoms with van der Waals surface area (Å²) in [5.74, 6) is 1.20. The number of carbonyl (C=O) groups excluding carboxylic acids is 1. The van der Waals surface area contributed by atoms with Gasteiger partial charge in [-0.2, -0.15) is 0 Å². The molecule has 1 amide bonds. The number of amides is 1. The highest BCUT2D eigenvalue weighted by atomic mass is 16.5. The summed E-state index contributed by atoms with van der Waals surface area (Å²) in [7, 11) is 0. The van der Waals surface area contributed by atoms with Crippen molar-refractivity contribution in [2.45, 2.75) is 44.6 Å². The van der Waals surface area contributed by atoms with E-state index in [1.165, 1.54) is 42.4 Å². The molecule has 1 saturated heterocycles. The highest BCUT2D eigenvalue weighted by Crippen LogP contribution is 2.36. The smallest absolute Gasteiger partial charge is 0.236 e. The Labute approximate surface area is 149 Å². The standard InChI is InChI=1S/C20H28N2O3/c23-20(22-7-10-24-11-8-22)14-21-18-6-3-9-25-19-13-16-5-2-1-4-15(16)12-17(18)19/h12-13,18,21H,1-11,14H2. The van der Waals surface area contributed by atoms with Crippen LogP contribution in [0, 0.1) is 0 Å². The summed E-state index contributed by atoms with van der Waals surface area (Å²) < 4.78 is 11.3. The van der Waals surface area contributed by atoms with Gasteiger partial charge in [0.05, 0.1) is 26.4 Å². The van der Waals surface area contributed by atoms with Gasteiger partial charge in [-0.3, -0.25) is 4.79 Å². The first-order chi connectivity index (χ1) is 12.3. The fourth-order valence-corrected chi connectivity index (χ4v) is 4.15. The van der Waals surface area contributed by atoms with E-state index in [4.69, 9.17) is 9.47 Å². The van der Waals surface area contributed by atoms with Crippen molar-refractivity contribution in [1.82, 2.24) is 10.2 Å². The minimum absolute atomic E-state index is 0.174. The third-order valence-electron chi connectivity index (χ3n) is 5.61. The number of hydrogen-bond donors (Lipinski definition) is 1. The second-order valence-corrected chi connectivity index (χ2v) is 7.28. The van der Waals surface area contributed by atoms with Crippen LogP contribution in [0.1, 0.15) is 48.4 Å². The van der Waals surface area contributed by atoms with E-state index in [1.54, 1.807) is 0 Å². The molecule has 0 spiro atoms. The second-order valence-electron chi connectivity index (χ2n) is 7.28. The summed E-state index contributed by atoms with van der Waals surface area (Å²) in [5, 5.41) is 3.51. The average Bonchev–Trinajstić information content (AvgIpc) is 2.86. The number of hydrogen-bond acceptors (Lipinski definition) is 4. The van der Waals surface area contributed by atoms with Crippen LogP contribution in [0.3, 0.4) is 0 Å². The summed E-state index contributed by atoms with van der Waals surface area (Å²) in [6.07, 6.45) is 6.92. The maximum atomic E-state index is 12.4. The summed E-state index contributed by atoms with van der Waals surface area (Å²) in [5.41, 5.74) is 4.17. The Balaban J connectivity index is 1.47. The Morgan fingerprint density at radius 1 is 1.08 bits per heavy atom. The topological polar surface area (TPSA) is 50.8 Å². The van der Waals surface area contributed by atoms with E-state index in [9.17, 15) is 4.79 Å². The molecule has 3 aliphatic rings. The Morgan fingerprint density at radius 2 is 1.84 bits per heavy atom. The van der Waals surface area contributed by atoms with E-state index in [2.05, 4.69) is 17.4 Å². The molecule has 1 N–H and O–H groups in total. The lowest BCUT2D eigenvalue weighted by atomic mass is 9.88. The predicted molar refractivity (Wildman–Crippen MR) is 96.0 cm³/mol. The van der Waals surface area contributed by atoms with Crippen LogP contribution in [-0.4, -0.2) is 50.3 Å². The summed E-state index contributed by atoms with van der Waals surface area (Å²) >= 11 is 0. The molecule has 1 unspecified atom stereocenters. The van der Waals surface area contributed by atoms with Crippen LogP contribution in [0.5, 0.6) is 5.75 Å². The van der Waals surface area contributed by atoms with Gasteiger partial charge in [0, 0.05) is 24.7 Å². The number of fused-ring (bicyclic) bond motifs is 2. The van der Waals surface area contributed by atoms with E-state index in [0.717, 1.165) is 25.2 Å². The molecule has 2 heterocycles. The zero-order valence-corrected chi connectivity index (χ0v) is 14.9. The molecular formula is C20H28N2O3. The highest BCUT2D eigenvalue weighted by molar-refractivity contribution is 5.78. The maximum Gasteiger partial charge on any atom is 0.236 e. The molecule has 136 valence electrons. The van der Waals surface area contributed by atoms with Crippen molar-refractivity contribution in [1.29, 1.82) is 0 Å². The molecule has 0 saturated carbocycles. The highest BCUT2D eigenvalue weighted by Gasteiger charge is 2.24. The van der Waals surface area contributed by atoms with Gasteiger partial charge in [0.2, 0.25) is 5.91 Å². The van der Waals surface area contributed by atoms with Gasteiger partial charge in [-0.25, -0.2) is 0 Å². The lowest BCUT2D eigenvalue weighted by molar-refractivity contribution is -0.134. The molecule has 4 rings (SSSR count). The minimum atomic E-state index is 0.174. The fourth-order valence-electron chi connectivity index (χ4n) is 4.15. The number of morpholine rings is 1. The average molecular weight is 344 g/mol. The van der Waals surface area contributed by atoms with Crippen molar-refractivity contribution in [3.63, 3.8) is 0 Å². The molecule has 5 heteroatoms. The van der Waals surface area contributed by atoms with Gasteiger partial charge in [0.15, 0.2) is 0 Å². The molecule has 2 aliphatic heterocycles. The predicted octanol–water partition coefficient (Wildman–Crippen LogP) is 2.23. The van der Waals surface area contributed by atoms with Crippen LogP contribution in [0.2, 0.25) is 0 Å². The van der Waals surface area contributed by atoms with Gasteiger partial charge >= 0.3 is 0 Å². The Hall–Kier alpha value is -1.59. The molecule has 0 bridgehead atoms. The SMILES string of the molecule is O=C(CNC1CCCOc2cc3c(cc21)CCCC3)N1CCOCC1. The van der Waals surface area contributed by atoms with Crippen LogP contribution in [0.4, 0.5) is 0 Å². The number of nitrogens with one attached hydrogen (secondary N) is 1. The summed E-state index contributed by atoms with van der Waals surface area (Å²) in [6.45, 7) is 3.87. The second kappa shape index (κ2) is 7.75.